The van der Waals surface area contributed by atoms with E-state index in [9.17, 15) is 4.79 Å². The maximum absolute atomic E-state index is 10.7. The average molecular weight is 226 g/mol. The molecule has 2 nitrogen and oxygen atoms in total. The predicted octanol–water partition coefficient (Wildman–Crippen LogP) is 3.10. The quantitative estimate of drug-likeness (QED) is 0.749. The summed E-state index contributed by atoms with van der Waals surface area (Å²) in [5.41, 5.74) is 3.01. The van der Waals surface area contributed by atoms with Crippen molar-refractivity contribution >= 4 is 6.29 Å². The smallest absolute Gasteiger partial charge is 0.150 e. The molecule has 2 aromatic carbocycles. The van der Waals surface area contributed by atoms with Gasteiger partial charge in [-0.25, -0.2) is 0 Å². The third kappa shape index (κ3) is 2.94. The van der Waals surface area contributed by atoms with Gasteiger partial charge in [0.05, 0.1) is 7.11 Å². The predicted molar refractivity (Wildman–Crippen MR) is 67.6 cm³/mol. The molecule has 2 aromatic rings. The Morgan fingerprint density at radius 2 is 1.76 bits per heavy atom. The lowest BCUT2D eigenvalue weighted by molar-refractivity contribution is 0.112. The summed E-state index contributed by atoms with van der Waals surface area (Å²) >= 11 is 0. The number of carbonyl (C=O) groups is 1. The van der Waals surface area contributed by atoms with Crippen LogP contribution in [-0.4, -0.2) is 13.4 Å². The molecule has 0 spiro atoms. The minimum atomic E-state index is 0.713. The molecule has 2 heteroatoms. The van der Waals surface area contributed by atoms with E-state index in [4.69, 9.17) is 4.74 Å². The van der Waals surface area contributed by atoms with Gasteiger partial charge in [-0.3, -0.25) is 4.79 Å². The highest BCUT2D eigenvalue weighted by atomic mass is 16.5. The summed E-state index contributed by atoms with van der Waals surface area (Å²) in [4.78, 5) is 10.7. The van der Waals surface area contributed by atoms with Gasteiger partial charge in [-0.1, -0.05) is 30.3 Å². The van der Waals surface area contributed by atoms with Gasteiger partial charge in [0, 0.05) is 5.56 Å². The first-order valence-corrected chi connectivity index (χ1v) is 5.49. The largest absolute Gasteiger partial charge is 0.497 e. The van der Waals surface area contributed by atoms with Gasteiger partial charge in [0.2, 0.25) is 0 Å². The molecule has 0 bridgehead atoms. The normalized spacial score (nSPS) is 9.94. The Morgan fingerprint density at radius 1 is 1.06 bits per heavy atom. The average Bonchev–Trinajstić information content (AvgIpc) is 2.39. The van der Waals surface area contributed by atoms with Gasteiger partial charge in [0.25, 0.3) is 0 Å². The number of hydrogen-bond acceptors (Lipinski definition) is 2. The van der Waals surface area contributed by atoms with Crippen molar-refractivity contribution in [2.45, 2.75) is 6.42 Å². The second-order valence-electron chi connectivity index (χ2n) is 3.89. The summed E-state index contributed by atoms with van der Waals surface area (Å²) in [6.45, 7) is 0. The molecule has 0 aliphatic rings. The Kier molecular flexibility index (Phi) is 3.55. The number of ether oxygens (including phenoxy) is 1. The molecular formula is C15H14O2. The van der Waals surface area contributed by atoms with E-state index in [1.165, 1.54) is 5.56 Å². The first-order chi connectivity index (χ1) is 8.31. The zero-order valence-corrected chi connectivity index (χ0v) is 9.72. The van der Waals surface area contributed by atoms with Crippen LogP contribution in [0.2, 0.25) is 0 Å². The lowest BCUT2D eigenvalue weighted by Gasteiger charge is -2.05. The van der Waals surface area contributed by atoms with E-state index < -0.39 is 0 Å². The van der Waals surface area contributed by atoms with Gasteiger partial charge in [-0.05, 0) is 35.7 Å². The molecule has 0 aliphatic carbocycles. The van der Waals surface area contributed by atoms with Crippen molar-refractivity contribution in [3.63, 3.8) is 0 Å². The third-order valence-electron chi connectivity index (χ3n) is 2.63. The highest BCUT2D eigenvalue weighted by Gasteiger charge is 1.99. The fraction of sp³-hybridized carbons (Fsp3) is 0.133. The third-order valence-corrected chi connectivity index (χ3v) is 2.63. The second-order valence-corrected chi connectivity index (χ2v) is 3.89. The summed E-state index contributed by atoms with van der Waals surface area (Å²) in [7, 11) is 1.66. The molecular weight excluding hydrogens is 212 g/mol. The summed E-state index contributed by atoms with van der Waals surface area (Å²) in [5.74, 6) is 0.856. The summed E-state index contributed by atoms with van der Waals surface area (Å²) in [6, 6.07) is 15.6. The molecule has 17 heavy (non-hydrogen) atoms. The van der Waals surface area contributed by atoms with Crippen LogP contribution in [0.25, 0.3) is 0 Å². The second kappa shape index (κ2) is 5.30. The Hall–Kier alpha value is -2.09. The molecule has 0 saturated heterocycles. The standard InChI is InChI=1S/C15H14O2/c1-17-15-7-3-5-13(10-15)8-12-4-2-6-14(9-12)11-16/h2-7,9-11H,8H2,1H3. The van der Waals surface area contributed by atoms with E-state index in [2.05, 4.69) is 6.07 Å². The Bertz CT molecular complexity index is 518. The number of aldehydes is 1. The van der Waals surface area contributed by atoms with Gasteiger partial charge in [-0.2, -0.15) is 0 Å². The number of hydrogen-bond donors (Lipinski definition) is 0. The van der Waals surface area contributed by atoms with Gasteiger partial charge in [-0.15, -0.1) is 0 Å². The first kappa shape index (κ1) is 11.4. The van der Waals surface area contributed by atoms with E-state index in [1.54, 1.807) is 7.11 Å². The maximum Gasteiger partial charge on any atom is 0.150 e. The molecule has 0 saturated carbocycles. The van der Waals surface area contributed by atoms with Crippen molar-refractivity contribution in [1.82, 2.24) is 0 Å². The zero-order valence-electron chi connectivity index (χ0n) is 9.72. The monoisotopic (exact) mass is 226 g/mol. The number of benzene rings is 2. The van der Waals surface area contributed by atoms with Crippen LogP contribution in [0.5, 0.6) is 5.75 Å². The summed E-state index contributed by atoms with van der Waals surface area (Å²) in [5, 5.41) is 0. The highest BCUT2D eigenvalue weighted by molar-refractivity contribution is 5.74. The summed E-state index contributed by atoms with van der Waals surface area (Å²) in [6.07, 6.45) is 1.67. The van der Waals surface area contributed by atoms with Gasteiger partial charge < -0.3 is 4.74 Å². The van der Waals surface area contributed by atoms with Crippen LogP contribution in [0.4, 0.5) is 0 Å². The van der Waals surface area contributed by atoms with E-state index in [0.717, 1.165) is 24.0 Å². The molecule has 0 aliphatic heterocycles. The van der Waals surface area contributed by atoms with Crippen LogP contribution in [0.15, 0.2) is 48.5 Å². The molecule has 0 heterocycles. The Morgan fingerprint density at radius 3 is 2.47 bits per heavy atom. The molecule has 0 unspecified atom stereocenters. The van der Waals surface area contributed by atoms with Crippen molar-refractivity contribution in [2.75, 3.05) is 7.11 Å². The van der Waals surface area contributed by atoms with Crippen molar-refractivity contribution in [3.05, 3.63) is 65.2 Å². The fourth-order valence-corrected chi connectivity index (χ4v) is 1.79. The maximum atomic E-state index is 10.7. The molecule has 0 atom stereocenters. The Balaban J connectivity index is 2.21. The fourth-order valence-electron chi connectivity index (χ4n) is 1.79. The molecule has 0 aromatic heterocycles. The van der Waals surface area contributed by atoms with Crippen LogP contribution in [0, 0.1) is 0 Å². The lowest BCUT2D eigenvalue weighted by atomic mass is 10.0. The molecule has 0 amide bonds. The van der Waals surface area contributed by atoms with E-state index in [0.29, 0.717) is 5.56 Å². The van der Waals surface area contributed by atoms with Crippen LogP contribution >= 0.6 is 0 Å². The topological polar surface area (TPSA) is 26.3 Å². The molecule has 0 N–H and O–H groups in total. The van der Waals surface area contributed by atoms with E-state index in [1.807, 2.05) is 42.5 Å². The minimum Gasteiger partial charge on any atom is -0.497 e. The summed E-state index contributed by atoms with van der Waals surface area (Å²) < 4.78 is 5.18. The van der Waals surface area contributed by atoms with E-state index in [-0.39, 0.29) is 0 Å². The van der Waals surface area contributed by atoms with Crippen molar-refractivity contribution in [1.29, 1.82) is 0 Å². The van der Waals surface area contributed by atoms with Gasteiger partial charge >= 0.3 is 0 Å². The van der Waals surface area contributed by atoms with Crippen LogP contribution in [0.3, 0.4) is 0 Å². The zero-order chi connectivity index (χ0) is 12.1. The number of rotatable bonds is 4. The minimum absolute atomic E-state index is 0.713. The van der Waals surface area contributed by atoms with Gasteiger partial charge in [0.1, 0.15) is 12.0 Å². The van der Waals surface area contributed by atoms with Crippen molar-refractivity contribution in [2.24, 2.45) is 0 Å². The first-order valence-electron chi connectivity index (χ1n) is 5.49. The number of carbonyl (C=O) groups excluding carboxylic acids is 1. The number of methoxy groups -OCH3 is 1. The van der Waals surface area contributed by atoms with Crippen LogP contribution < -0.4 is 4.74 Å². The molecule has 0 fully saturated rings. The molecule has 86 valence electrons. The molecule has 2 rings (SSSR count). The highest BCUT2D eigenvalue weighted by Crippen LogP contribution is 2.16. The van der Waals surface area contributed by atoms with E-state index >= 15 is 0 Å². The molecule has 0 radical (unpaired) electrons. The van der Waals surface area contributed by atoms with Crippen molar-refractivity contribution < 1.29 is 9.53 Å². The lowest BCUT2D eigenvalue weighted by Crippen LogP contribution is -1.91. The Labute approximate surface area is 101 Å². The van der Waals surface area contributed by atoms with Crippen LogP contribution in [-0.2, 0) is 6.42 Å². The van der Waals surface area contributed by atoms with Gasteiger partial charge in [0.15, 0.2) is 0 Å². The van der Waals surface area contributed by atoms with Crippen molar-refractivity contribution in [3.8, 4) is 5.75 Å². The van der Waals surface area contributed by atoms with Crippen LogP contribution in [0.1, 0.15) is 21.5 Å². The SMILES string of the molecule is COc1cccc(Cc2cccc(C=O)c2)c1.